The first-order valence-electron chi connectivity index (χ1n) is 20.1. The van der Waals surface area contributed by atoms with Crippen LogP contribution in [0.2, 0.25) is 0 Å². The van der Waals surface area contributed by atoms with Crippen LogP contribution in [0.3, 0.4) is 0 Å². The van der Waals surface area contributed by atoms with Crippen molar-refractivity contribution in [1.29, 1.82) is 0 Å². The predicted molar refractivity (Wildman–Crippen MR) is 205 cm³/mol. The van der Waals surface area contributed by atoms with E-state index in [4.69, 9.17) is 4.74 Å². The van der Waals surface area contributed by atoms with Gasteiger partial charge in [0.25, 0.3) is 11.8 Å². The van der Waals surface area contributed by atoms with Crippen molar-refractivity contribution in [2.24, 2.45) is 23.7 Å². The Kier molecular flexibility index (Phi) is 17.5. The Balaban J connectivity index is 2.16. The molecule has 0 aromatic rings. The van der Waals surface area contributed by atoms with Gasteiger partial charge in [0.15, 0.2) is 0 Å². The summed E-state index contributed by atoms with van der Waals surface area (Å²) in [6.07, 6.45) is 1.22. The zero-order chi connectivity index (χ0) is 41.9. The zero-order valence-electron chi connectivity index (χ0n) is 34.4. The molecule has 3 heterocycles. The van der Waals surface area contributed by atoms with Gasteiger partial charge >= 0.3 is 5.97 Å². The van der Waals surface area contributed by atoms with Gasteiger partial charge in [0, 0.05) is 13.1 Å². The average Bonchev–Trinajstić information content (AvgIpc) is 3.13. The highest BCUT2D eigenvalue weighted by Gasteiger charge is 2.44. The molecule has 0 aromatic heterocycles. The van der Waals surface area contributed by atoms with E-state index in [0.29, 0.717) is 38.8 Å². The van der Waals surface area contributed by atoms with E-state index in [1.54, 1.807) is 13.8 Å². The van der Waals surface area contributed by atoms with Crippen LogP contribution in [0.4, 0.5) is 0 Å². The lowest BCUT2D eigenvalue weighted by atomic mass is 9.97. The lowest BCUT2D eigenvalue weighted by Crippen LogP contribution is -2.66. The van der Waals surface area contributed by atoms with Crippen LogP contribution in [0.25, 0.3) is 0 Å². The standard InChI is InChI=1S/C38H65N9O9/c1-20(2)16-25(39-19-48)32(49)45-31-24(9)56-38(55)29-13-11-15-41-47(29)36(53)27(18-22(5)6)43-34(51)28-12-10-14-40-46(28)37(54)30(23(7)8)44-33(50)26(17-21(3)4)42-35(31)52/h19-31,40-41H,10-18H2,1-9H3,(H,39,48)(H,42,52)(H,43,51)(H,44,50)(H,45,49). The van der Waals surface area contributed by atoms with E-state index in [1.807, 2.05) is 41.5 Å². The molecule has 18 heteroatoms. The third kappa shape index (κ3) is 12.6. The zero-order valence-corrected chi connectivity index (χ0v) is 34.4. The molecule has 3 saturated heterocycles. The van der Waals surface area contributed by atoms with Gasteiger partial charge in [-0.05, 0) is 75.5 Å². The Morgan fingerprint density at radius 1 is 0.750 bits per heavy atom. The second-order valence-electron chi connectivity index (χ2n) is 16.8. The molecule has 3 rings (SSSR count). The van der Waals surface area contributed by atoms with Crippen LogP contribution in [0.15, 0.2) is 0 Å². The third-order valence-electron chi connectivity index (χ3n) is 10.1. The molecular weight excluding hydrogens is 726 g/mol. The summed E-state index contributed by atoms with van der Waals surface area (Å²) in [5.41, 5.74) is 6.01. The van der Waals surface area contributed by atoms with Gasteiger partial charge in [-0.25, -0.2) is 15.6 Å². The van der Waals surface area contributed by atoms with Crippen molar-refractivity contribution in [3.63, 3.8) is 0 Å². The normalized spacial score (nSPS) is 28.3. The van der Waals surface area contributed by atoms with Crippen LogP contribution < -0.4 is 37.4 Å². The first-order valence-corrected chi connectivity index (χ1v) is 20.1. The summed E-state index contributed by atoms with van der Waals surface area (Å²) < 4.78 is 5.87. The minimum atomic E-state index is -1.55. The molecule has 3 aliphatic heterocycles. The van der Waals surface area contributed by atoms with E-state index in [2.05, 4.69) is 37.4 Å². The van der Waals surface area contributed by atoms with Gasteiger partial charge in [-0.2, -0.15) is 0 Å². The van der Waals surface area contributed by atoms with Crippen LogP contribution in [0.1, 0.15) is 107 Å². The molecule has 3 fully saturated rings. The summed E-state index contributed by atoms with van der Waals surface area (Å²) >= 11 is 0. The fraction of sp³-hybridized carbons (Fsp3) is 0.789. The van der Waals surface area contributed by atoms with Crippen LogP contribution in [0, 0.1) is 23.7 Å². The molecule has 0 spiro atoms. The second kappa shape index (κ2) is 21.3. The number of fused-ring (bicyclic) bond motifs is 2. The SMILES string of the molecule is CC(C)CC(NC=O)C(=O)NC1C(=O)NC(CC(C)C)C(=O)NC(C(C)C)C(=O)N2NCCCC2C(=O)NC(CC(C)C)C(=O)N2NCCCC2C(=O)OC1C. The molecule has 18 nitrogen and oxygen atoms in total. The Bertz CT molecular complexity index is 1420. The number of esters is 1. The molecule has 0 aromatic carbocycles. The van der Waals surface area contributed by atoms with E-state index in [-0.39, 0.29) is 43.4 Å². The van der Waals surface area contributed by atoms with Gasteiger partial charge in [-0.3, -0.25) is 43.6 Å². The van der Waals surface area contributed by atoms with Crippen molar-refractivity contribution in [3.05, 3.63) is 0 Å². The van der Waals surface area contributed by atoms with Crippen molar-refractivity contribution in [1.82, 2.24) is 47.5 Å². The maximum atomic E-state index is 14.3. The number of hydrogen-bond acceptors (Lipinski definition) is 11. The Hall–Kier alpha value is -4.32. The molecule has 0 saturated carbocycles. The molecule has 0 bridgehead atoms. The van der Waals surface area contributed by atoms with Crippen LogP contribution in [0.5, 0.6) is 0 Å². The predicted octanol–water partition coefficient (Wildman–Crippen LogP) is -0.229. The maximum Gasteiger partial charge on any atom is 0.330 e. The summed E-state index contributed by atoms with van der Waals surface area (Å²) in [6, 6.07) is -8.14. The Morgan fingerprint density at radius 3 is 1.86 bits per heavy atom. The minimum absolute atomic E-state index is 0.0189. The van der Waals surface area contributed by atoms with Crippen LogP contribution >= 0.6 is 0 Å². The second-order valence-corrected chi connectivity index (χ2v) is 16.8. The highest BCUT2D eigenvalue weighted by molar-refractivity contribution is 5.97. The van der Waals surface area contributed by atoms with Gasteiger partial charge < -0.3 is 31.3 Å². The topological polar surface area (TPSA) is 236 Å². The number of carbonyl (C=O) groups is 8. The van der Waals surface area contributed by atoms with Crippen LogP contribution in [-0.2, 0) is 43.1 Å². The molecule has 56 heavy (non-hydrogen) atoms. The lowest BCUT2D eigenvalue weighted by Gasteiger charge is -2.40. The van der Waals surface area contributed by atoms with E-state index >= 15 is 0 Å². The van der Waals surface area contributed by atoms with Gasteiger partial charge in [0.05, 0.1) is 0 Å². The number of nitrogens with one attached hydrogen (secondary N) is 7. The van der Waals surface area contributed by atoms with E-state index < -0.39 is 95.7 Å². The summed E-state index contributed by atoms with van der Waals surface area (Å²) in [6.45, 7) is 16.8. The smallest absolute Gasteiger partial charge is 0.330 e. The van der Waals surface area contributed by atoms with E-state index in [9.17, 15) is 38.4 Å². The largest absolute Gasteiger partial charge is 0.458 e. The Morgan fingerprint density at radius 2 is 1.30 bits per heavy atom. The summed E-state index contributed by atoms with van der Waals surface area (Å²) in [5.74, 6) is -5.44. The molecular formula is C38H65N9O9. The molecule has 8 atom stereocenters. The number of hydrazine groups is 2. The molecule has 7 amide bonds. The van der Waals surface area contributed by atoms with E-state index in [0.717, 1.165) is 0 Å². The minimum Gasteiger partial charge on any atom is -0.458 e. The Labute approximate surface area is 330 Å². The van der Waals surface area contributed by atoms with Crippen molar-refractivity contribution in [2.45, 2.75) is 156 Å². The van der Waals surface area contributed by atoms with Gasteiger partial charge in [-0.1, -0.05) is 55.4 Å². The molecule has 8 unspecified atom stereocenters. The summed E-state index contributed by atoms with van der Waals surface area (Å²) in [5, 5.41) is 15.9. The molecule has 7 N–H and O–H groups in total. The molecule has 0 aliphatic carbocycles. The quantitative estimate of drug-likeness (QED) is 0.107. The van der Waals surface area contributed by atoms with Crippen molar-refractivity contribution in [3.8, 4) is 0 Å². The van der Waals surface area contributed by atoms with Gasteiger partial charge in [0.1, 0.15) is 48.4 Å². The average molecular weight is 792 g/mol. The van der Waals surface area contributed by atoms with E-state index in [1.165, 1.54) is 16.9 Å². The summed E-state index contributed by atoms with van der Waals surface area (Å²) in [4.78, 5) is 110. The first kappa shape index (κ1) is 46.1. The lowest BCUT2D eigenvalue weighted by molar-refractivity contribution is -0.167. The maximum absolute atomic E-state index is 14.3. The summed E-state index contributed by atoms with van der Waals surface area (Å²) in [7, 11) is 0. The van der Waals surface area contributed by atoms with Crippen molar-refractivity contribution < 1.29 is 43.1 Å². The molecule has 316 valence electrons. The fourth-order valence-corrected chi connectivity index (χ4v) is 7.20. The number of nitrogens with zero attached hydrogens (tertiary/aromatic N) is 2. The molecule has 3 aliphatic rings. The highest BCUT2D eigenvalue weighted by atomic mass is 16.5. The number of cyclic esters (lactones) is 1. The monoisotopic (exact) mass is 791 g/mol. The third-order valence-corrected chi connectivity index (χ3v) is 10.1. The number of amides is 7. The highest BCUT2D eigenvalue weighted by Crippen LogP contribution is 2.21. The number of rotatable bonds is 11. The van der Waals surface area contributed by atoms with Gasteiger partial charge in [0.2, 0.25) is 30.0 Å². The first-order chi connectivity index (χ1) is 26.4. The number of hydrogen-bond donors (Lipinski definition) is 7. The van der Waals surface area contributed by atoms with Crippen LogP contribution in [-0.4, -0.2) is 119 Å². The number of ether oxygens (including phenoxy) is 1. The molecule has 0 radical (unpaired) electrons. The van der Waals surface area contributed by atoms with Gasteiger partial charge in [-0.15, -0.1) is 0 Å². The van der Waals surface area contributed by atoms with Crippen molar-refractivity contribution in [2.75, 3.05) is 13.1 Å². The number of carbonyl (C=O) groups excluding carboxylic acids is 8. The van der Waals surface area contributed by atoms with Crippen molar-refractivity contribution >= 4 is 47.8 Å². The fourth-order valence-electron chi connectivity index (χ4n) is 7.20.